The fraction of sp³-hybridized carbons (Fsp3) is 0.650. The summed E-state index contributed by atoms with van der Waals surface area (Å²) in [6.07, 6.45) is 1.95. The third-order valence-electron chi connectivity index (χ3n) is 5.28. The average Bonchev–Trinajstić information content (AvgIpc) is 2.68. The number of carbonyl (C=O) groups excluding carboxylic acids is 1. The summed E-state index contributed by atoms with van der Waals surface area (Å²) in [6.45, 7) is 9.72. The minimum atomic E-state index is -3.60. The van der Waals surface area contributed by atoms with Gasteiger partial charge in [0, 0.05) is 51.4 Å². The van der Waals surface area contributed by atoms with Gasteiger partial charge in [0.25, 0.3) is 5.91 Å². The molecule has 8 heteroatoms. The second kappa shape index (κ2) is 10.3. The van der Waals surface area contributed by atoms with E-state index in [1.54, 1.807) is 19.2 Å². The molecule has 158 valence electrons. The number of unbranched alkanes of at least 4 members (excludes halogenated alkanes) is 1. The lowest BCUT2D eigenvalue weighted by Crippen LogP contribution is -2.44. The van der Waals surface area contributed by atoms with Gasteiger partial charge in [-0.2, -0.15) is 4.31 Å². The monoisotopic (exact) mass is 410 g/mol. The van der Waals surface area contributed by atoms with Gasteiger partial charge in [-0.3, -0.25) is 4.79 Å². The van der Waals surface area contributed by atoms with E-state index in [-0.39, 0.29) is 16.8 Å². The van der Waals surface area contributed by atoms with Crippen LogP contribution in [0, 0.1) is 0 Å². The van der Waals surface area contributed by atoms with Crippen molar-refractivity contribution in [3.8, 4) is 0 Å². The summed E-state index contributed by atoms with van der Waals surface area (Å²) < 4.78 is 26.5. The van der Waals surface area contributed by atoms with Crippen LogP contribution in [0.3, 0.4) is 0 Å². The van der Waals surface area contributed by atoms with Crippen LogP contribution in [-0.2, 0) is 10.0 Å². The molecule has 0 aliphatic carbocycles. The Labute approximate surface area is 169 Å². The number of nitrogens with zero attached hydrogens (tertiary/aromatic N) is 3. The molecule has 0 bridgehead atoms. The van der Waals surface area contributed by atoms with Crippen molar-refractivity contribution in [2.24, 2.45) is 0 Å². The number of hydrogen-bond acceptors (Lipinski definition) is 5. The highest BCUT2D eigenvalue weighted by Crippen LogP contribution is 2.18. The molecule has 2 rings (SSSR count). The number of piperazine rings is 1. The number of benzene rings is 1. The molecule has 1 aliphatic rings. The Morgan fingerprint density at radius 3 is 2.50 bits per heavy atom. The van der Waals surface area contributed by atoms with Crippen molar-refractivity contribution in [3.05, 3.63) is 29.8 Å². The van der Waals surface area contributed by atoms with E-state index in [0.717, 1.165) is 45.6 Å². The van der Waals surface area contributed by atoms with Crippen LogP contribution in [0.2, 0.25) is 0 Å². The molecule has 1 heterocycles. The molecule has 7 nitrogen and oxygen atoms in total. The van der Waals surface area contributed by atoms with E-state index in [0.29, 0.717) is 12.1 Å². The summed E-state index contributed by atoms with van der Waals surface area (Å²) in [5, 5.41) is 2.90. The molecule has 1 N–H and O–H groups in total. The molecule has 1 aromatic carbocycles. The molecule has 0 unspecified atom stereocenters. The maximum Gasteiger partial charge on any atom is 0.251 e. The van der Waals surface area contributed by atoms with Crippen molar-refractivity contribution in [2.75, 3.05) is 53.4 Å². The summed E-state index contributed by atoms with van der Waals surface area (Å²) in [6, 6.07) is 6.09. The highest BCUT2D eigenvalue weighted by molar-refractivity contribution is 7.89. The number of carbonyl (C=O) groups is 1. The normalized spacial score (nSPS) is 16.6. The number of rotatable bonds is 9. The first-order chi connectivity index (χ1) is 13.2. The molecule has 1 saturated heterocycles. The van der Waals surface area contributed by atoms with Gasteiger partial charge in [0.2, 0.25) is 10.0 Å². The zero-order valence-electron chi connectivity index (χ0n) is 17.5. The first kappa shape index (κ1) is 22.8. The Balaban J connectivity index is 1.81. The fourth-order valence-electron chi connectivity index (χ4n) is 3.08. The van der Waals surface area contributed by atoms with Crippen LogP contribution in [0.4, 0.5) is 0 Å². The SMILES string of the molecule is CC(C)N(C)S(=O)(=O)c1cccc(C(=O)NCCCCN2CCN(C)CC2)c1. The van der Waals surface area contributed by atoms with E-state index >= 15 is 0 Å². The third-order valence-corrected chi connectivity index (χ3v) is 7.31. The number of hydrogen-bond donors (Lipinski definition) is 1. The molecule has 1 amide bonds. The molecule has 0 aromatic heterocycles. The predicted octanol–water partition coefficient (Wildman–Crippen LogP) is 1.47. The van der Waals surface area contributed by atoms with Crippen LogP contribution in [0.25, 0.3) is 0 Å². The van der Waals surface area contributed by atoms with E-state index in [9.17, 15) is 13.2 Å². The van der Waals surface area contributed by atoms with Crippen molar-refractivity contribution < 1.29 is 13.2 Å². The predicted molar refractivity (Wildman–Crippen MR) is 112 cm³/mol. The number of amides is 1. The summed E-state index contributed by atoms with van der Waals surface area (Å²) in [5.74, 6) is -0.233. The van der Waals surface area contributed by atoms with Gasteiger partial charge >= 0.3 is 0 Å². The van der Waals surface area contributed by atoms with Gasteiger partial charge < -0.3 is 15.1 Å². The fourth-order valence-corrected chi connectivity index (χ4v) is 4.49. The number of sulfonamides is 1. The molecule has 28 heavy (non-hydrogen) atoms. The summed E-state index contributed by atoms with van der Waals surface area (Å²) in [4.78, 5) is 17.3. The average molecular weight is 411 g/mol. The summed E-state index contributed by atoms with van der Waals surface area (Å²) in [7, 11) is 0.100. The van der Waals surface area contributed by atoms with Crippen molar-refractivity contribution in [1.82, 2.24) is 19.4 Å². The lowest BCUT2D eigenvalue weighted by Gasteiger charge is -2.32. The van der Waals surface area contributed by atoms with Crippen LogP contribution >= 0.6 is 0 Å². The van der Waals surface area contributed by atoms with Gasteiger partial charge in [-0.15, -0.1) is 0 Å². The van der Waals surface area contributed by atoms with Crippen molar-refractivity contribution in [3.63, 3.8) is 0 Å². The molecule has 0 atom stereocenters. The van der Waals surface area contributed by atoms with Crippen LogP contribution in [0.15, 0.2) is 29.2 Å². The zero-order valence-corrected chi connectivity index (χ0v) is 18.3. The van der Waals surface area contributed by atoms with Gasteiger partial charge in [-0.05, 0) is 58.5 Å². The maximum absolute atomic E-state index is 12.6. The lowest BCUT2D eigenvalue weighted by atomic mass is 10.2. The number of nitrogens with one attached hydrogen (secondary N) is 1. The second-order valence-electron chi connectivity index (χ2n) is 7.75. The first-order valence-electron chi connectivity index (χ1n) is 9.99. The van der Waals surface area contributed by atoms with E-state index in [1.807, 2.05) is 13.8 Å². The van der Waals surface area contributed by atoms with Crippen LogP contribution in [-0.4, -0.2) is 87.8 Å². The molecule has 0 saturated carbocycles. The topological polar surface area (TPSA) is 73.0 Å². The van der Waals surface area contributed by atoms with Crippen LogP contribution in [0.1, 0.15) is 37.0 Å². The molecule has 0 radical (unpaired) electrons. The van der Waals surface area contributed by atoms with Gasteiger partial charge in [-0.25, -0.2) is 8.42 Å². The van der Waals surface area contributed by atoms with Gasteiger partial charge in [0.1, 0.15) is 0 Å². The first-order valence-corrected chi connectivity index (χ1v) is 11.4. The lowest BCUT2D eigenvalue weighted by molar-refractivity contribution is 0.0951. The second-order valence-corrected chi connectivity index (χ2v) is 9.75. The highest BCUT2D eigenvalue weighted by atomic mass is 32.2. The Morgan fingerprint density at radius 1 is 1.18 bits per heavy atom. The molecule has 0 spiro atoms. The Kier molecular flexibility index (Phi) is 8.42. The van der Waals surface area contributed by atoms with Crippen molar-refractivity contribution in [2.45, 2.75) is 37.6 Å². The summed E-state index contributed by atoms with van der Waals surface area (Å²) >= 11 is 0. The van der Waals surface area contributed by atoms with Gasteiger partial charge in [-0.1, -0.05) is 6.07 Å². The highest BCUT2D eigenvalue weighted by Gasteiger charge is 2.23. The molecule has 1 aromatic rings. The molecular weight excluding hydrogens is 376 g/mol. The molecule has 1 fully saturated rings. The van der Waals surface area contributed by atoms with Crippen molar-refractivity contribution >= 4 is 15.9 Å². The standard InChI is InChI=1S/C20H34N4O3S/c1-17(2)23(4)28(26,27)19-9-7-8-18(16-19)20(25)21-10-5-6-11-24-14-12-22(3)13-15-24/h7-9,16-17H,5-6,10-15H2,1-4H3,(H,21,25). The minimum absolute atomic E-state index is 0.145. The maximum atomic E-state index is 12.6. The van der Waals surface area contributed by atoms with E-state index < -0.39 is 10.0 Å². The third kappa shape index (κ3) is 6.27. The smallest absolute Gasteiger partial charge is 0.251 e. The van der Waals surface area contributed by atoms with E-state index in [1.165, 1.54) is 16.4 Å². The Bertz CT molecular complexity index is 744. The van der Waals surface area contributed by atoms with E-state index in [2.05, 4.69) is 22.2 Å². The minimum Gasteiger partial charge on any atom is -0.352 e. The number of likely N-dealkylation sites (N-methyl/N-ethyl adjacent to an activating group) is 1. The van der Waals surface area contributed by atoms with Crippen LogP contribution in [0.5, 0.6) is 0 Å². The van der Waals surface area contributed by atoms with Gasteiger partial charge in [0.05, 0.1) is 4.90 Å². The Morgan fingerprint density at radius 2 is 1.86 bits per heavy atom. The Hall–Kier alpha value is -1.48. The molecule has 1 aliphatic heterocycles. The summed E-state index contributed by atoms with van der Waals surface area (Å²) in [5.41, 5.74) is 0.372. The zero-order chi connectivity index (χ0) is 20.7. The largest absolute Gasteiger partial charge is 0.352 e. The van der Waals surface area contributed by atoms with Crippen molar-refractivity contribution in [1.29, 1.82) is 0 Å². The van der Waals surface area contributed by atoms with Gasteiger partial charge in [0.15, 0.2) is 0 Å². The molecular formula is C20H34N4O3S. The van der Waals surface area contributed by atoms with Crippen LogP contribution < -0.4 is 5.32 Å². The van der Waals surface area contributed by atoms with E-state index in [4.69, 9.17) is 0 Å². The quantitative estimate of drug-likeness (QED) is 0.624.